The van der Waals surface area contributed by atoms with Crippen molar-refractivity contribution in [3.63, 3.8) is 0 Å². The van der Waals surface area contributed by atoms with Crippen LogP contribution in [0, 0.1) is 11.7 Å². The van der Waals surface area contributed by atoms with E-state index in [9.17, 15) is 4.39 Å². The summed E-state index contributed by atoms with van der Waals surface area (Å²) in [4.78, 5) is 0. The molecule has 0 amide bonds. The maximum Gasteiger partial charge on any atom is 0.165 e. The van der Waals surface area contributed by atoms with Gasteiger partial charge in [0.15, 0.2) is 11.6 Å². The summed E-state index contributed by atoms with van der Waals surface area (Å²) >= 11 is 0. The predicted molar refractivity (Wildman–Crippen MR) is 115 cm³/mol. The van der Waals surface area contributed by atoms with Gasteiger partial charge in [-0.2, -0.15) is 0 Å². The normalized spacial score (nSPS) is 21.8. The molecule has 0 saturated heterocycles. The molecule has 0 heterocycles. The van der Waals surface area contributed by atoms with Gasteiger partial charge in [0.2, 0.25) is 0 Å². The quantitative estimate of drug-likeness (QED) is 0.527. The van der Waals surface area contributed by atoms with E-state index in [0.29, 0.717) is 5.75 Å². The molecule has 1 nitrogen and oxygen atoms in total. The lowest BCUT2D eigenvalue weighted by molar-refractivity contribution is 0.308. The maximum atomic E-state index is 14.1. The van der Waals surface area contributed by atoms with Crippen molar-refractivity contribution in [3.8, 4) is 5.75 Å². The molecule has 0 aromatic heterocycles. The number of hydrogen-bond donors (Lipinski definition) is 0. The first-order chi connectivity index (χ1) is 13.7. The Morgan fingerprint density at radius 1 is 1.00 bits per heavy atom. The van der Waals surface area contributed by atoms with Crippen molar-refractivity contribution in [1.82, 2.24) is 0 Å². The van der Waals surface area contributed by atoms with Crippen LogP contribution in [0.2, 0.25) is 0 Å². The summed E-state index contributed by atoms with van der Waals surface area (Å²) in [6.45, 7) is 2.30. The molecule has 0 bridgehead atoms. The van der Waals surface area contributed by atoms with Crippen LogP contribution in [0.4, 0.5) is 4.39 Å². The minimum absolute atomic E-state index is 0.284. The summed E-state index contributed by atoms with van der Waals surface area (Å²) < 4.78 is 19.2. The summed E-state index contributed by atoms with van der Waals surface area (Å²) in [7, 11) is 1.52. The second kappa shape index (κ2) is 8.51. The summed E-state index contributed by atoms with van der Waals surface area (Å²) in [6, 6.07) is 12.6. The molecule has 148 valence electrons. The molecule has 2 aromatic rings. The van der Waals surface area contributed by atoms with Gasteiger partial charge in [0, 0.05) is 0 Å². The predicted octanol–water partition coefficient (Wildman–Crippen LogP) is 7.40. The molecule has 4 rings (SSSR count). The van der Waals surface area contributed by atoms with Crippen molar-refractivity contribution in [2.45, 2.75) is 64.2 Å². The zero-order valence-electron chi connectivity index (χ0n) is 17.1. The molecule has 28 heavy (non-hydrogen) atoms. The van der Waals surface area contributed by atoms with Crippen LogP contribution in [0.25, 0.3) is 11.6 Å². The fraction of sp³-hybridized carbons (Fsp3) is 0.462. The van der Waals surface area contributed by atoms with Gasteiger partial charge in [-0.1, -0.05) is 50.1 Å². The van der Waals surface area contributed by atoms with Crippen LogP contribution in [-0.2, 0) is 6.42 Å². The van der Waals surface area contributed by atoms with Crippen LogP contribution < -0.4 is 4.74 Å². The Balaban J connectivity index is 1.48. The molecule has 2 aliphatic rings. The van der Waals surface area contributed by atoms with Crippen LogP contribution in [0.15, 0.2) is 36.4 Å². The van der Waals surface area contributed by atoms with Gasteiger partial charge in [0.1, 0.15) is 0 Å². The maximum absolute atomic E-state index is 14.1. The van der Waals surface area contributed by atoms with E-state index in [0.717, 1.165) is 30.2 Å². The summed E-state index contributed by atoms with van der Waals surface area (Å²) in [6.07, 6.45) is 12.2. The SMILES string of the molecule is CCCC1CCC(c2ccc(C3=Cc4cc(F)c(OC)cc4CC3)cc2)CC1. The Bertz CT molecular complexity index is 841. The highest BCUT2D eigenvalue weighted by atomic mass is 19.1. The van der Waals surface area contributed by atoms with Crippen molar-refractivity contribution < 1.29 is 9.13 Å². The van der Waals surface area contributed by atoms with Gasteiger partial charge >= 0.3 is 0 Å². The topological polar surface area (TPSA) is 9.23 Å². The molecule has 0 atom stereocenters. The second-order valence-electron chi connectivity index (χ2n) is 8.48. The minimum Gasteiger partial charge on any atom is -0.494 e. The average molecular weight is 379 g/mol. The van der Waals surface area contributed by atoms with E-state index >= 15 is 0 Å². The molecule has 0 N–H and O–H groups in total. The first-order valence-electron chi connectivity index (χ1n) is 10.8. The number of allylic oxidation sites excluding steroid dienone is 1. The third-order valence-corrected chi connectivity index (χ3v) is 6.70. The van der Waals surface area contributed by atoms with Gasteiger partial charge in [-0.25, -0.2) is 4.39 Å². The summed E-state index contributed by atoms with van der Waals surface area (Å²) in [5, 5.41) is 0. The number of methoxy groups -OCH3 is 1. The monoisotopic (exact) mass is 378 g/mol. The van der Waals surface area contributed by atoms with Gasteiger partial charge < -0.3 is 4.74 Å². The van der Waals surface area contributed by atoms with E-state index in [2.05, 4.69) is 37.3 Å². The average Bonchev–Trinajstić information content (AvgIpc) is 2.74. The van der Waals surface area contributed by atoms with Crippen LogP contribution in [0.3, 0.4) is 0 Å². The van der Waals surface area contributed by atoms with Crippen molar-refractivity contribution >= 4 is 11.6 Å². The molecule has 2 aliphatic carbocycles. The van der Waals surface area contributed by atoms with Crippen molar-refractivity contribution in [1.29, 1.82) is 0 Å². The molecular weight excluding hydrogens is 347 g/mol. The molecule has 0 aliphatic heterocycles. The molecule has 1 saturated carbocycles. The lowest BCUT2D eigenvalue weighted by atomic mass is 9.77. The van der Waals surface area contributed by atoms with E-state index in [1.54, 1.807) is 6.07 Å². The van der Waals surface area contributed by atoms with E-state index in [4.69, 9.17) is 4.74 Å². The fourth-order valence-corrected chi connectivity index (χ4v) is 5.04. The molecule has 0 unspecified atom stereocenters. The molecule has 2 aromatic carbocycles. The van der Waals surface area contributed by atoms with Gasteiger partial charge in [-0.15, -0.1) is 0 Å². The Labute approximate surface area is 168 Å². The Morgan fingerprint density at radius 2 is 1.75 bits per heavy atom. The number of halogens is 1. The van der Waals surface area contributed by atoms with Crippen LogP contribution in [0.5, 0.6) is 5.75 Å². The largest absolute Gasteiger partial charge is 0.494 e. The second-order valence-corrected chi connectivity index (χ2v) is 8.48. The number of hydrogen-bond acceptors (Lipinski definition) is 1. The highest BCUT2D eigenvalue weighted by molar-refractivity contribution is 5.84. The van der Waals surface area contributed by atoms with E-state index in [1.165, 1.54) is 67.9 Å². The zero-order chi connectivity index (χ0) is 19.5. The van der Waals surface area contributed by atoms with Crippen molar-refractivity contribution in [3.05, 3.63) is 64.5 Å². The van der Waals surface area contributed by atoms with Crippen molar-refractivity contribution in [2.75, 3.05) is 7.11 Å². The highest BCUT2D eigenvalue weighted by Crippen LogP contribution is 2.38. The highest BCUT2D eigenvalue weighted by Gasteiger charge is 2.22. The molecular formula is C26H31FO. The Hall–Kier alpha value is -2.09. The van der Waals surface area contributed by atoms with E-state index in [1.807, 2.05) is 6.07 Å². The van der Waals surface area contributed by atoms with Gasteiger partial charge in [0.05, 0.1) is 7.11 Å². The minimum atomic E-state index is -0.284. The first kappa shape index (κ1) is 19.2. The zero-order valence-corrected chi connectivity index (χ0v) is 17.1. The number of benzene rings is 2. The van der Waals surface area contributed by atoms with Crippen molar-refractivity contribution in [2.24, 2.45) is 5.92 Å². The van der Waals surface area contributed by atoms with Gasteiger partial charge in [0.25, 0.3) is 0 Å². The third kappa shape index (κ3) is 4.01. The smallest absolute Gasteiger partial charge is 0.165 e. The van der Waals surface area contributed by atoms with Gasteiger partial charge in [-0.05, 0) is 90.3 Å². The molecule has 2 heteroatoms. The van der Waals surface area contributed by atoms with E-state index < -0.39 is 0 Å². The number of aryl methyl sites for hydroxylation is 1. The Kier molecular flexibility index (Phi) is 5.85. The van der Waals surface area contributed by atoms with E-state index in [-0.39, 0.29) is 5.82 Å². The molecule has 0 radical (unpaired) electrons. The molecule has 1 fully saturated rings. The third-order valence-electron chi connectivity index (χ3n) is 6.70. The number of ether oxygens (including phenoxy) is 1. The number of fused-ring (bicyclic) bond motifs is 1. The standard InChI is InChI=1S/C26H31FO/c1-3-4-18-5-7-19(8-6-18)20-9-11-21(12-10-20)22-13-14-23-17-26(28-2)25(27)16-24(23)15-22/h9-12,15-19H,3-8,13-14H2,1-2H3. The first-order valence-corrected chi connectivity index (χ1v) is 10.8. The summed E-state index contributed by atoms with van der Waals surface area (Å²) in [5.74, 6) is 1.73. The molecule has 0 spiro atoms. The number of rotatable bonds is 5. The van der Waals surface area contributed by atoms with Crippen LogP contribution in [0.1, 0.15) is 80.0 Å². The van der Waals surface area contributed by atoms with Crippen LogP contribution >= 0.6 is 0 Å². The lowest BCUT2D eigenvalue weighted by Gasteiger charge is -2.28. The lowest BCUT2D eigenvalue weighted by Crippen LogP contribution is -2.13. The summed E-state index contributed by atoms with van der Waals surface area (Å²) in [5.41, 5.74) is 6.21. The van der Waals surface area contributed by atoms with Crippen LogP contribution in [-0.4, -0.2) is 7.11 Å². The fourth-order valence-electron chi connectivity index (χ4n) is 5.04. The Morgan fingerprint density at radius 3 is 2.43 bits per heavy atom. The van der Waals surface area contributed by atoms with Gasteiger partial charge in [-0.3, -0.25) is 0 Å².